The first-order valence-corrected chi connectivity index (χ1v) is 3.95. The maximum Gasteiger partial charge on any atom is 0.244 e. The van der Waals surface area contributed by atoms with Gasteiger partial charge in [-0.1, -0.05) is 13.0 Å². The number of nitrogens with zero attached hydrogens (tertiary/aromatic N) is 1. The molecule has 0 radical (unpaired) electrons. The van der Waals surface area contributed by atoms with Crippen LogP contribution in [0.1, 0.15) is 13.3 Å². The lowest BCUT2D eigenvalue weighted by atomic mass is 10.1. The lowest BCUT2D eigenvalue weighted by Crippen LogP contribution is -2.31. The van der Waals surface area contributed by atoms with E-state index < -0.39 is 0 Å². The van der Waals surface area contributed by atoms with Gasteiger partial charge in [0.1, 0.15) is 0 Å². The van der Waals surface area contributed by atoms with Crippen molar-refractivity contribution in [3.63, 3.8) is 0 Å². The lowest BCUT2D eigenvalue weighted by molar-refractivity contribution is -0.114. The Morgan fingerprint density at radius 3 is 2.91 bits per heavy atom. The van der Waals surface area contributed by atoms with E-state index in [0.717, 1.165) is 31.6 Å². The monoisotopic (exact) mass is 154 g/mol. The molecule has 0 aromatic heterocycles. The Labute approximate surface area is 66.9 Å². The highest BCUT2D eigenvalue weighted by Crippen LogP contribution is 2.08. The van der Waals surface area contributed by atoms with Crippen LogP contribution in [0.2, 0.25) is 0 Å². The van der Waals surface area contributed by atoms with Crippen LogP contribution < -0.4 is 5.73 Å². The third-order valence-corrected chi connectivity index (χ3v) is 2.06. The van der Waals surface area contributed by atoms with Gasteiger partial charge in [-0.2, -0.15) is 0 Å². The van der Waals surface area contributed by atoms with Gasteiger partial charge in [-0.3, -0.25) is 9.69 Å². The zero-order valence-electron chi connectivity index (χ0n) is 6.84. The number of carbonyl (C=O) groups is 1. The van der Waals surface area contributed by atoms with Crippen LogP contribution in [0.4, 0.5) is 0 Å². The Bertz CT molecular complexity index is 187. The molecule has 1 amide bonds. The summed E-state index contributed by atoms with van der Waals surface area (Å²) in [6, 6.07) is 0. The molecule has 1 heterocycles. The van der Waals surface area contributed by atoms with Gasteiger partial charge in [0.05, 0.1) is 0 Å². The van der Waals surface area contributed by atoms with Crippen molar-refractivity contribution in [2.45, 2.75) is 13.3 Å². The fraction of sp³-hybridized carbons (Fsp3) is 0.625. The molecule has 2 N–H and O–H groups in total. The number of nitrogens with two attached hydrogens (primary N) is 1. The van der Waals surface area contributed by atoms with E-state index in [0.29, 0.717) is 0 Å². The van der Waals surface area contributed by atoms with Crippen LogP contribution in [-0.4, -0.2) is 30.4 Å². The number of hydrogen-bond donors (Lipinski definition) is 1. The highest BCUT2D eigenvalue weighted by molar-refractivity contribution is 5.92. The van der Waals surface area contributed by atoms with Crippen molar-refractivity contribution >= 4 is 5.91 Å². The number of amides is 1. The molecule has 11 heavy (non-hydrogen) atoms. The molecule has 0 spiro atoms. The van der Waals surface area contributed by atoms with Crippen LogP contribution in [0.3, 0.4) is 0 Å². The Balaban J connectivity index is 2.50. The summed E-state index contributed by atoms with van der Waals surface area (Å²) in [7, 11) is 0. The van der Waals surface area contributed by atoms with Crippen molar-refractivity contribution in [1.29, 1.82) is 0 Å². The molecule has 3 nitrogen and oxygen atoms in total. The van der Waals surface area contributed by atoms with Gasteiger partial charge < -0.3 is 5.73 Å². The Hall–Kier alpha value is -0.830. The van der Waals surface area contributed by atoms with Gasteiger partial charge in [0.2, 0.25) is 5.91 Å². The molecule has 0 unspecified atom stereocenters. The summed E-state index contributed by atoms with van der Waals surface area (Å²) in [5.74, 6) is -0.263. The average Bonchev–Trinajstić information content (AvgIpc) is 2.05. The first-order valence-electron chi connectivity index (χ1n) is 3.95. The summed E-state index contributed by atoms with van der Waals surface area (Å²) in [5, 5.41) is 0. The van der Waals surface area contributed by atoms with E-state index in [9.17, 15) is 4.79 Å². The second-order valence-corrected chi connectivity index (χ2v) is 2.74. The molecule has 0 saturated heterocycles. The molecule has 0 aliphatic carbocycles. The third kappa shape index (κ3) is 2.05. The van der Waals surface area contributed by atoms with Gasteiger partial charge in [0.25, 0.3) is 0 Å². The second kappa shape index (κ2) is 3.53. The lowest BCUT2D eigenvalue weighted by Gasteiger charge is -2.23. The zero-order valence-corrected chi connectivity index (χ0v) is 6.84. The molecular weight excluding hydrogens is 140 g/mol. The van der Waals surface area contributed by atoms with Gasteiger partial charge >= 0.3 is 0 Å². The van der Waals surface area contributed by atoms with E-state index in [4.69, 9.17) is 5.73 Å². The van der Waals surface area contributed by atoms with Gasteiger partial charge in [-0.15, -0.1) is 0 Å². The fourth-order valence-corrected chi connectivity index (χ4v) is 1.22. The number of carbonyl (C=O) groups excluding carboxylic acids is 1. The molecule has 1 aliphatic rings. The summed E-state index contributed by atoms with van der Waals surface area (Å²) in [5.41, 5.74) is 5.92. The van der Waals surface area contributed by atoms with E-state index in [1.54, 1.807) is 0 Å². The Kier molecular flexibility index (Phi) is 2.65. The predicted octanol–water partition coefficient (Wildman–Crippen LogP) is 0.124. The maximum atomic E-state index is 10.7. The first kappa shape index (κ1) is 8.27. The molecule has 3 heteroatoms. The quantitative estimate of drug-likeness (QED) is 0.614. The molecule has 0 fully saturated rings. The topological polar surface area (TPSA) is 46.3 Å². The van der Waals surface area contributed by atoms with E-state index in [2.05, 4.69) is 11.8 Å². The highest BCUT2D eigenvalue weighted by atomic mass is 16.1. The molecule has 0 saturated carbocycles. The molecule has 0 bridgehead atoms. The Morgan fingerprint density at radius 1 is 1.82 bits per heavy atom. The van der Waals surface area contributed by atoms with Crippen LogP contribution in [0, 0.1) is 0 Å². The van der Waals surface area contributed by atoms with E-state index >= 15 is 0 Å². The highest BCUT2D eigenvalue weighted by Gasteiger charge is 2.12. The fourth-order valence-electron chi connectivity index (χ4n) is 1.22. The van der Waals surface area contributed by atoms with Crippen molar-refractivity contribution in [2.24, 2.45) is 5.73 Å². The molecular formula is C8H14N2O. The van der Waals surface area contributed by atoms with Gasteiger partial charge in [-0.05, 0) is 13.0 Å². The normalized spacial score (nSPS) is 19.5. The summed E-state index contributed by atoms with van der Waals surface area (Å²) in [6.45, 7) is 4.99. The number of likely N-dealkylation sites (N-methyl/N-ethyl adjacent to an activating group) is 1. The molecule has 0 aromatic rings. The van der Waals surface area contributed by atoms with Crippen molar-refractivity contribution in [3.05, 3.63) is 11.6 Å². The van der Waals surface area contributed by atoms with E-state index in [-0.39, 0.29) is 5.91 Å². The van der Waals surface area contributed by atoms with Crippen LogP contribution in [-0.2, 0) is 4.79 Å². The minimum Gasteiger partial charge on any atom is -0.366 e. The van der Waals surface area contributed by atoms with Gasteiger partial charge in [-0.25, -0.2) is 0 Å². The van der Waals surface area contributed by atoms with Crippen LogP contribution in [0.5, 0.6) is 0 Å². The van der Waals surface area contributed by atoms with Crippen LogP contribution in [0.25, 0.3) is 0 Å². The van der Waals surface area contributed by atoms with E-state index in [1.807, 2.05) is 6.08 Å². The minimum atomic E-state index is -0.263. The zero-order chi connectivity index (χ0) is 8.27. The predicted molar refractivity (Wildman–Crippen MR) is 44.0 cm³/mol. The van der Waals surface area contributed by atoms with Crippen molar-refractivity contribution in [1.82, 2.24) is 4.90 Å². The maximum absolute atomic E-state index is 10.7. The summed E-state index contributed by atoms with van der Waals surface area (Å²) in [4.78, 5) is 13.0. The van der Waals surface area contributed by atoms with Crippen LogP contribution in [0.15, 0.2) is 11.6 Å². The third-order valence-electron chi connectivity index (χ3n) is 2.06. The average molecular weight is 154 g/mol. The van der Waals surface area contributed by atoms with Crippen LogP contribution >= 0.6 is 0 Å². The van der Waals surface area contributed by atoms with Crippen molar-refractivity contribution < 1.29 is 4.79 Å². The number of rotatable bonds is 2. The Morgan fingerprint density at radius 2 is 2.55 bits per heavy atom. The van der Waals surface area contributed by atoms with E-state index in [1.165, 1.54) is 0 Å². The SMILES string of the molecule is CCN1CC=C(C(N)=O)CC1. The van der Waals surface area contributed by atoms with Gasteiger partial charge in [0.15, 0.2) is 0 Å². The molecule has 0 aromatic carbocycles. The second-order valence-electron chi connectivity index (χ2n) is 2.74. The number of primary amides is 1. The summed E-state index contributed by atoms with van der Waals surface area (Å²) in [6.07, 6.45) is 2.73. The molecule has 1 aliphatic heterocycles. The van der Waals surface area contributed by atoms with Crippen molar-refractivity contribution in [3.8, 4) is 0 Å². The molecule has 1 rings (SSSR count). The summed E-state index contributed by atoms with van der Waals surface area (Å²) < 4.78 is 0. The summed E-state index contributed by atoms with van der Waals surface area (Å²) >= 11 is 0. The molecule has 0 atom stereocenters. The van der Waals surface area contributed by atoms with Gasteiger partial charge in [0, 0.05) is 18.7 Å². The standard InChI is InChI=1S/C8H14N2O/c1-2-10-5-3-7(4-6-10)8(9)11/h3H,2,4-6H2,1H3,(H2,9,11). The number of hydrogen-bond acceptors (Lipinski definition) is 2. The first-order chi connectivity index (χ1) is 5.24. The smallest absolute Gasteiger partial charge is 0.244 e. The van der Waals surface area contributed by atoms with Crippen molar-refractivity contribution in [2.75, 3.05) is 19.6 Å². The molecule has 62 valence electrons. The largest absolute Gasteiger partial charge is 0.366 e. The minimum absolute atomic E-state index is 0.263.